The van der Waals surface area contributed by atoms with Crippen molar-refractivity contribution in [3.8, 4) is 11.5 Å². The second-order valence-corrected chi connectivity index (χ2v) is 6.20. The first-order valence-corrected chi connectivity index (χ1v) is 8.10. The second-order valence-electron chi connectivity index (χ2n) is 5.79. The van der Waals surface area contributed by atoms with Gasteiger partial charge in [-0.3, -0.25) is 9.59 Å². The lowest BCUT2D eigenvalue weighted by Crippen LogP contribution is -2.50. The Balaban J connectivity index is 2.16. The molecule has 4 N–H and O–H groups in total. The molecule has 24 heavy (non-hydrogen) atoms. The molecule has 1 heterocycles. The van der Waals surface area contributed by atoms with E-state index >= 15 is 0 Å². The molecule has 0 saturated carbocycles. The monoisotopic (exact) mass is 355 g/mol. The van der Waals surface area contributed by atoms with Crippen molar-refractivity contribution >= 4 is 23.4 Å². The van der Waals surface area contributed by atoms with E-state index in [4.69, 9.17) is 26.8 Å². The van der Waals surface area contributed by atoms with Crippen LogP contribution in [-0.4, -0.2) is 44.7 Å². The maximum atomic E-state index is 12.5. The smallest absolute Gasteiger partial charge is 0.255 e. The zero-order chi connectivity index (χ0) is 17.7. The minimum absolute atomic E-state index is 0.0572. The summed E-state index contributed by atoms with van der Waals surface area (Å²) in [5.74, 6) is -0.0254. The lowest BCUT2D eigenvalue weighted by Gasteiger charge is -2.30. The molecule has 7 nitrogen and oxygen atoms in total. The van der Waals surface area contributed by atoms with Crippen LogP contribution in [-0.2, 0) is 4.79 Å². The van der Waals surface area contributed by atoms with Crippen LogP contribution < -0.4 is 25.8 Å². The number of primary amides is 1. The minimum Gasteiger partial charge on any atom is -0.493 e. The maximum Gasteiger partial charge on any atom is 0.255 e. The van der Waals surface area contributed by atoms with Crippen molar-refractivity contribution in [3.05, 3.63) is 22.7 Å². The third-order valence-corrected chi connectivity index (χ3v) is 4.28. The number of piperidine rings is 1. The van der Waals surface area contributed by atoms with Crippen LogP contribution in [0.3, 0.4) is 0 Å². The summed E-state index contributed by atoms with van der Waals surface area (Å²) in [5.41, 5.74) is 5.42. The van der Waals surface area contributed by atoms with E-state index in [1.54, 1.807) is 0 Å². The van der Waals surface area contributed by atoms with Gasteiger partial charge in [0.05, 0.1) is 12.1 Å². The van der Waals surface area contributed by atoms with E-state index in [1.165, 1.54) is 19.2 Å². The number of halogens is 1. The van der Waals surface area contributed by atoms with Crippen molar-refractivity contribution in [2.45, 2.75) is 19.4 Å². The fourth-order valence-corrected chi connectivity index (χ4v) is 2.83. The van der Waals surface area contributed by atoms with Gasteiger partial charge in [0, 0.05) is 18.2 Å². The number of methoxy groups -OCH3 is 1. The molecule has 8 heteroatoms. The third kappa shape index (κ3) is 4.52. The number of amides is 2. The zero-order valence-corrected chi connectivity index (χ0v) is 14.5. The molecule has 0 aromatic heterocycles. The molecule has 0 radical (unpaired) electrons. The summed E-state index contributed by atoms with van der Waals surface area (Å²) < 4.78 is 10.5. The van der Waals surface area contributed by atoms with Gasteiger partial charge >= 0.3 is 0 Å². The molecule has 1 fully saturated rings. The average molecular weight is 356 g/mol. The van der Waals surface area contributed by atoms with Crippen molar-refractivity contribution in [3.63, 3.8) is 0 Å². The molecule has 132 valence electrons. The molecular formula is C16H22ClN3O4. The van der Waals surface area contributed by atoms with Crippen LogP contribution in [0, 0.1) is 5.92 Å². The van der Waals surface area contributed by atoms with E-state index in [0.29, 0.717) is 11.5 Å². The van der Waals surface area contributed by atoms with E-state index in [2.05, 4.69) is 17.6 Å². The molecule has 0 bridgehead atoms. The van der Waals surface area contributed by atoms with Gasteiger partial charge in [0.25, 0.3) is 11.8 Å². The van der Waals surface area contributed by atoms with Crippen LogP contribution >= 0.6 is 11.6 Å². The second kappa shape index (κ2) is 8.21. The lowest BCUT2D eigenvalue weighted by atomic mass is 9.94. The molecule has 1 aliphatic heterocycles. The van der Waals surface area contributed by atoms with Crippen LogP contribution in [0.1, 0.15) is 23.7 Å². The Labute approximate surface area is 145 Å². The normalized spacial score (nSPS) is 20.3. The van der Waals surface area contributed by atoms with Crippen LogP contribution in [0.4, 0.5) is 0 Å². The number of rotatable bonds is 6. The maximum absolute atomic E-state index is 12.5. The average Bonchev–Trinajstić information content (AvgIpc) is 2.54. The number of carbonyl (C=O) groups is 2. The number of nitrogens with two attached hydrogens (primary N) is 1. The molecule has 1 aliphatic rings. The highest BCUT2D eigenvalue weighted by molar-refractivity contribution is 6.32. The highest BCUT2D eigenvalue weighted by atomic mass is 35.5. The number of ether oxygens (including phenoxy) is 2. The van der Waals surface area contributed by atoms with Gasteiger partial charge in [0.15, 0.2) is 18.1 Å². The Hall–Kier alpha value is -1.99. The molecule has 0 aliphatic carbocycles. The van der Waals surface area contributed by atoms with Crippen molar-refractivity contribution in [2.75, 3.05) is 26.8 Å². The summed E-state index contributed by atoms with van der Waals surface area (Å²) in [7, 11) is 1.43. The van der Waals surface area contributed by atoms with E-state index in [1.807, 2.05) is 0 Å². The largest absolute Gasteiger partial charge is 0.493 e. The fourth-order valence-electron chi connectivity index (χ4n) is 2.57. The molecule has 2 unspecified atom stereocenters. The summed E-state index contributed by atoms with van der Waals surface area (Å²) in [5, 5.41) is 6.44. The van der Waals surface area contributed by atoms with Gasteiger partial charge in [-0.1, -0.05) is 18.5 Å². The summed E-state index contributed by atoms with van der Waals surface area (Å²) in [6.07, 6.45) is 1.01. The number of benzene rings is 1. The quantitative estimate of drug-likeness (QED) is 0.704. The highest BCUT2D eigenvalue weighted by Gasteiger charge is 2.24. The van der Waals surface area contributed by atoms with E-state index in [9.17, 15) is 9.59 Å². The van der Waals surface area contributed by atoms with E-state index in [-0.39, 0.29) is 35.1 Å². The Morgan fingerprint density at radius 1 is 1.46 bits per heavy atom. The van der Waals surface area contributed by atoms with Gasteiger partial charge < -0.3 is 25.8 Å². The molecule has 1 aromatic carbocycles. The van der Waals surface area contributed by atoms with Gasteiger partial charge in [-0.15, -0.1) is 0 Å². The minimum atomic E-state index is -0.631. The third-order valence-electron chi connectivity index (χ3n) is 3.99. The number of nitrogens with one attached hydrogen (secondary N) is 2. The number of carbonyl (C=O) groups excluding carboxylic acids is 2. The fraction of sp³-hybridized carbons (Fsp3) is 0.500. The molecule has 0 spiro atoms. The van der Waals surface area contributed by atoms with Crippen LogP contribution in [0.2, 0.25) is 5.02 Å². The molecule has 1 saturated heterocycles. The Kier molecular flexibility index (Phi) is 6.28. The van der Waals surface area contributed by atoms with Crippen molar-refractivity contribution in [1.82, 2.24) is 10.6 Å². The van der Waals surface area contributed by atoms with Crippen molar-refractivity contribution in [2.24, 2.45) is 11.7 Å². The van der Waals surface area contributed by atoms with Gasteiger partial charge in [-0.25, -0.2) is 0 Å². The molecule has 1 aromatic rings. The van der Waals surface area contributed by atoms with E-state index in [0.717, 1.165) is 19.5 Å². The SMILES string of the molecule is COc1cc(C(=O)NC2CNCCC2C)cc(Cl)c1OCC(N)=O. The number of hydrogen-bond donors (Lipinski definition) is 3. The van der Waals surface area contributed by atoms with Gasteiger partial charge in [-0.2, -0.15) is 0 Å². The van der Waals surface area contributed by atoms with Crippen LogP contribution in [0.5, 0.6) is 11.5 Å². The summed E-state index contributed by atoms with van der Waals surface area (Å²) in [6.45, 7) is 3.48. The highest BCUT2D eigenvalue weighted by Crippen LogP contribution is 2.36. The topological polar surface area (TPSA) is 103 Å². The lowest BCUT2D eigenvalue weighted by molar-refractivity contribution is -0.119. The first kappa shape index (κ1) is 18.4. The molecule has 2 rings (SSSR count). The summed E-state index contributed by atoms with van der Waals surface area (Å²) in [4.78, 5) is 23.3. The van der Waals surface area contributed by atoms with Gasteiger partial charge in [0.2, 0.25) is 0 Å². The zero-order valence-electron chi connectivity index (χ0n) is 13.7. The predicted octanol–water partition coefficient (Wildman–Crippen LogP) is 0.940. The Bertz CT molecular complexity index is 624. The number of hydrogen-bond acceptors (Lipinski definition) is 5. The Morgan fingerprint density at radius 3 is 2.83 bits per heavy atom. The molecule has 2 atom stereocenters. The van der Waals surface area contributed by atoms with Crippen molar-refractivity contribution in [1.29, 1.82) is 0 Å². The van der Waals surface area contributed by atoms with Gasteiger partial charge in [-0.05, 0) is 31.0 Å². The molecule has 2 amide bonds. The van der Waals surface area contributed by atoms with Crippen molar-refractivity contribution < 1.29 is 19.1 Å². The standard InChI is InChI=1S/C16H22ClN3O4/c1-9-3-4-19-7-12(9)20-16(22)10-5-11(17)15(13(6-10)23-2)24-8-14(18)21/h5-6,9,12,19H,3-4,7-8H2,1-2H3,(H2,18,21)(H,20,22). The summed E-state index contributed by atoms with van der Waals surface area (Å²) in [6, 6.07) is 3.07. The van der Waals surface area contributed by atoms with Crippen LogP contribution in [0.25, 0.3) is 0 Å². The predicted molar refractivity (Wildman–Crippen MR) is 90.6 cm³/mol. The Morgan fingerprint density at radius 2 is 2.21 bits per heavy atom. The summed E-state index contributed by atoms with van der Waals surface area (Å²) >= 11 is 6.16. The van der Waals surface area contributed by atoms with E-state index < -0.39 is 5.91 Å². The van der Waals surface area contributed by atoms with Crippen LogP contribution in [0.15, 0.2) is 12.1 Å². The first-order chi connectivity index (χ1) is 11.4. The van der Waals surface area contributed by atoms with Gasteiger partial charge in [0.1, 0.15) is 0 Å². The molecular weight excluding hydrogens is 334 g/mol. The first-order valence-electron chi connectivity index (χ1n) is 7.72.